The van der Waals surface area contributed by atoms with Gasteiger partial charge in [-0.3, -0.25) is 4.98 Å². The van der Waals surface area contributed by atoms with Crippen molar-refractivity contribution < 1.29 is 4.79 Å². The minimum absolute atomic E-state index is 0.203. The van der Waals surface area contributed by atoms with Crippen LogP contribution in [0.25, 0.3) is 0 Å². The Hall–Kier alpha value is -2.69. The van der Waals surface area contributed by atoms with Crippen molar-refractivity contribution in [2.75, 3.05) is 5.01 Å². The number of benzene rings is 1. The first-order valence-electron chi connectivity index (χ1n) is 6.42. The number of nitrogens with one attached hydrogen (secondary N) is 1. The average Bonchev–Trinajstić information content (AvgIpc) is 2.50. The zero-order valence-electron chi connectivity index (χ0n) is 10.9. The first-order valence-corrected chi connectivity index (χ1v) is 6.42. The van der Waals surface area contributed by atoms with Gasteiger partial charge in [0.05, 0.1) is 5.69 Å². The number of amides is 2. The lowest BCUT2D eigenvalue weighted by molar-refractivity contribution is 0.245. The van der Waals surface area contributed by atoms with Gasteiger partial charge >= 0.3 is 6.03 Å². The Balaban J connectivity index is 1.78. The molecule has 20 heavy (non-hydrogen) atoms. The Morgan fingerprint density at radius 3 is 3.05 bits per heavy atom. The summed E-state index contributed by atoms with van der Waals surface area (Å²) in [5, 5.41) is 8.47. The highest BCUT2D eigenvalue weighted by Gasteiger charge is 2.22. The van der Waals surface area contributed by atoms with Gasteiger partial charge < -0.3 is 5.32 Å². The van der Waals surface area contributed by atoms with Crippen LogP contribution in [0.1, 0.15) is 11.1 Å². The molecule has 0 unspecified atom stereocenters. The quantitative estimate of drug-likeness (QED) is 0.867. The molecule has 0 aliphatic carbocycles. The van der Waals surface area contributed by atoms with Crippen LogP contribution in [0.15, 0.2) is 53.9 Å². The molecular weight excluding hydrogens is 252 g/mol. The monoisotopic (exact) mass is 266 g/mol. The molecule has 1 N–H and O–H groups in total. The molecule has 2 heterocycles. The number of carbonyl (C=O) groups excluding carboxylic acids is 1. The number of fused-ring (bicyclic) bond motifs is 1. The highest BCUT2D eigenvalue weighted by molar-refractivity contribution is 5.95. The Morgan fingerprint density at radius 1 is 1.30 bits per heavy atom. The number of hydrogen-bond acceptors (Lipinski definition) is 3. The molecule has 0 atom stereocenters. The highest BCUT2D eigenvalue weighted by Crippen LogP contribution is 2.24. The van der Waals surface area contributed by atoms with Crippen molar-refractivity contribution in [1.82, 2.24) is 10.3 Å². The van der Waals surface area contributed by atoms with E-state index in [2.05, 4.69) is 15.4 Å². The maximum Gasteiger partial charge on any atom is 0.342 e. The highest BCUT2D eigenvalue weighted by atomic mass is 16.2. The normalized spacial score (nSPS) is 14.2. The Morgan fingerprint density at radius 2 is 2.20 bits per heavy atom. The first-order chi connectivity index (χ1) is 9.84. The number of carbonyl (C=O) groups is 1. The van der Waals surface area contributed by atoms with E-state index >= 15 is 0 Å². The second kappa shape index (κ2) is 5.52. The van der Waals surface area contributed by atoms with Gasteiger partial charge in [0.25, 0.3) is 0 Å². The maximum absolute atomic E-state index is 11.9. The number of para-hydroxylation sites is 1. The molecule has 3 rings (SSSR count). The van der Waals surface area contributed by atoms with Crippen molar-refractivity contribution >= 4 is 17.9 Å². The van der Waals surface area contributed by atoms with Gasteiger partial charge in [-0.2, -0.15) is 10.1 Å². The minimum atomic E-state index is -0.203. The summed E-state index contributed by atoms with van der Waals surface area (Å²) in [6.45, 7) is 0.545. The molecule has 2 aromatic rings. The number of anilines is 1. The molecular formula is C15H14N4O. The van der Waals surface area contributed by atoms with Crippen molar-refractivity contribution in [1.29, 1.82) is 0 Å². The van der Waals surface area contributed by atoms with Gasteiger partial charge in [0.15, 0.2) is 0 Å². The zero-order chi connectivity index (χ0) is 13.8. The van der Waals surface area contributed by atoms with Crippen LogP contribution in [0.4, 0.5) is 10.5 Å². The van der Waals surface area contributed by atoms with Crippen LogP contribution in [0.2, 0.25) is 0 Å². The molecule has 0 saturated carbocycles. The standard InChI is InChI=1S/C15H14N4O/c20-15-17-11-13-5-1-2-6-14(13)19(15)18-9-7-12-4-3-8-16-10-12/h1-6,8-10H,7,11H2,(H,17,20). The van der Waals surface area contributed by atoms with Crippen molar-refractivity contribution in [3.05, 3.63) is 59.9 Å². The topological polar surface area (TPSA) is 57.6 Å². The number of hydrazone groups is 1. The van der Waals surface area contributed by atoms with E-state index in [-0.39, 0.29) is 6.03 Å². The second-order valence-corrected chi connectivity index (χ2v) is 4.46. The summed E-state index contributed by atoms with van der Waals surface area (Å²) in [6.07, 6.45) is 5.88. The predicted molar refractivity (Wildman–Crippen MR) is 77.6 cm³/mol. The number of aromatic nitrogens is 1. The largest absolute Gasteiger partial charge is 0.342 e. The van der Waals surface area contributed by atoms with Gasteiger partial charge in [0, 0.05) is 31.6 Å². The summed E-state index contributed by atoms with van der Waals surface area (Å²) in [5.41, 5.74) is 2.95. The molecule has 0 spiro atoms. The molecule has 0 saturated heterocycles. The fourth-order valence-electron chi connectivity index (χ4n) is 2.08. The zero-order valence-corrected chi connectivity index (χ0v) is 10.9. The van der Waals surface area contributed by atoms with Crippen LogP contribution >= 0.6 is 0 Å². The van der Waals surface area contributed by atoms with Crippen LogP contribution in [-0.4, -0.2) is 17.2 Å². The molecule has 1 aromatic carbocycles. The van der Waals surface area contributed by atoms with Gasteiger partial charge in [0.1, 0.15) is 0 Å². The van der Waals surface area contributed by atoms with Crippen LogP contribution in [0, 0.1) is 0 Å². The lowest BCUT2D eigenvalue weighted by atomic mass is 10.1. The van der Waals surface area contributed by atoms with Crippen LogP contribution in [0.3, 0.4) is 0 Å². The maximum atomic E-state index is 11.9. The fraction of sp³-hybridized carbons (Fsp3) is 0.133. The Labute approximate surface area is 116 Å². The Bertz CT molecular complexity index is 639. The summed E-state index contributed by atoms with van der Waals surface area (Å²) in [6, 6.07) is 11.4. The SMILES string of the molecule is O=C1NCc2ccccc2N1N=CCc1cccnc1. The number of nitrogens with zero attached hydrogens (tertiary/aromatic N) is 3. The average molecular weight is 266 g/mol. The number of hydrogen-bond donors (Lipinski definition) is 1. The van der Waals surface area contributed by atoms with Crippen molar-refractivity contribution in [3.63, 3.8) is 0 Å². The van der Waals surface area contributed by atoms with Crippen molar-refractivity contribution in [2.24, 2.45) is 5.10 Å². The summed E-state index contributed by atoms with van der Waals surface area (Å²) in [7, 11) is 0. The van der Waals surface area contributed by atoms with Crippen molar-refractivity contribution in [2.45, 2.75) is 13.0 Å². The summed E-state index contributed by atoms with van der Waals surface area (Å²) in [5.74, 6) is 0. The first kappa shape index (κ1) is 12.3. The third-order valence-corrected chi connectivity index (χ3v) is 3.09. The molecule has 5 heteroatoms. The molecule has 5 nitrogen and oxygen atoms in total. The number of pyridine rings is 1. The molecule has 1 aliphatic heterocycles. The van der Waals surface area contributed by atoms with E-state index in [1.54, 1.807) is 18.6 Å². The van der Waals surface area contributed by atoms with Gasteiger partial charge in [0.2, 0.25) is 0 Å². The third kappa shape index (κ3) is 2.51. The van der Waals surface area contributed by atoms with E-state index in [4.69, 9.17) is 0 Å². The molecule has 0 bridgehead atoms. The summed E-state index contributed by atoms with van der Waals surface area (Å²) in [4.78, 5) is 15.9. The smallest absolute Gasteiger partial charge is 0.332 e. The molecule has 0 radical (unpaired) electrons. The molecule has 1 aliphatic rings. The van der Waals surface area contributed by atoms with Crippen LogP contribution < -0.4 is 10.3 Å². The minimum Gasteiger partial charge on any atom is -0.332 e. The number of rotatable bonds is 3. The van der Waals surface area contributed by atoms with Gasteiger partial charge in [-0.05, 0) is 23.3 Å². The predicted octanol–water partition coefficient (Wildman–Crippen LogP) is 2.34. The lowest BCUT2D eigenvalue weighted by Gasteiger charge is -2.25. The Kier molecular flexibility index (Phi) is 3.41. The molecule has 0 fully saturated rings. The summed E-state index contributed by atoms with van der Waals surface area (Å²) >= 11 is 0. The lowest BCUT2D eigenvalue weighted by Crippen LogP contribution is -2.41. The second-order valence-electron chi connectivity index (χ2n) is 4.46. The van der Waals surface area contributed by atoms with Crippen molar-refractivity contribution in [3.8, 4) is 0 Å². The summed E-state index contributed by atoms with van der Waals surface area (Å²) < 4.78 is 0. The van der Waals surface area contributed by atoms with E-state index in [0.29, 0.717) is 13.0 Å². The van der Waals surface area contributed by atoms with E-state index in [1.165, 1.54) is 5.01 Å². The van der Waals surface area contributed by atoms with Gasteiger partial charge in [-0.25, -0.2) is 4.79 Å². The third-order valence-electron chi connectivity index (χ3n) is 3.09. The number of urea groups is 1. The van der Waals surface area contributed by atoms with Crippen LogP contribution in [-0.2, 0) is 13.0 Å². The van der Waals surface area contributed by atoms with Gasteiger partial charge in [-0.15, -0.1) is 0 Å². The molecule has 1 aromatic heterocycles. The fourth-order valence-corrected chi connectivity index (χ4v) is 2.08. The van der Waals surface area contributed by atoms with E-state index in [9.17, 15) is 4.79 Å². The molecule has 100 valence electrons. The van der Waals surface area contributed by atoms with E-state index < -0.39 is 0 Å². The van der Waals surface area contributed by atoms with Gasteiger partial charge in [-0.1, -0.05) is 24.3 Å². The van der Waals surface area contributed by atoms with E-state index in [1.807, 2.05) is 36.4 Å². The molecule has 2 amide bonds. The van der Waals surface area contributed by atoms with Crippen LogP contribution in [0.5, 0.6) is 0 Å². The van der Waals surface area contributed by atoms with E-state index in [0.717, 1.165) is 16.8 Å².